The van der Waals surface area contributed by atoms with Gasteiger partial charge in [-0.1, -0.05) is 56.7 Å². The lowest BCUT2D eigenvalue weighted by Gasteiger charge is -2.38. The molecule has 4 rings (SSSR count). The van der Waals surface area contributed by atoms with Crippen molar-refractivity contribution in [3.05, 3.63) is 64.7 Å². The Balaban J connectivity index is 1.60. The normalized spacial score (nSPS) is 18.4. The fourth-order valence-corrected chi connectivity index (χ4v) is 4.75. The minimum atomic E-state index is -0.532. The number of hydrogen-bond donors (Lipinski definition) is 1. The molecule has 5 heteroatoms. The van der Waals surface area contributed by atoms with Crippen LogP contribution >= 0.6 is 0 Å². The van der Waals surface area contributed by atoms with E-state index in [-0.39, 0.29) is 23.8 Å². The first-order valence-electron chi connectivity index (χ1n) is 12.8. The van der Waals surface area contributed by atoms with E-state index in [0.29, 0.717) is 24.6 Å². The second-order valence-electron chi connectivity index (χ2n) is 10.2. The summed E-state index contributed by atoms with van der Waals surface area (Å²) in [4.78, 5) is 28.0. The predicted octanol–water partition coefficient (Wildman–Crippen LogP) is 5.20. The van der Waals surface area contributed by atoms with Gasteiger partial charge >= 0.3 is 0 Å². The van der Waals surface area contributed by atoms with Crippen LogP contribution in [0.15, 0.2) is 42.5 Å². The van der Waals surface area contributed by atoms with Gasteiger partial charge in [-0.2, -0.15) is 0 Å². The summed E-state index contributed by atoms with van der Waals surface area (Å²) in [6.07, 6.45) is 3.84. The summed E-state index contributed by atoms with van der Waals surface area (Å²) < 4.78 is 6.20. The third-order valence-electron chi connectivity index (χ3n) is 6.88. The highest BCUT2D eigenvalue weighted by Crippen LogP contribution is 2.41. The standard InChI is InChI=1S/C29H38N2O3/c1-5-26(28(32)30-15-13-19(2)3)34-24-12-11-21-14-16-31(29(33)22-9-10-22)27(25(21)18-24)23-8-6-7-20(4)17-23/h6-8,11-12,17-19,22,26-27H,5,9-10,13-16H2,1-4H3,(H,30,32)/t26-,27+/m0/s1. The summed E-state index contributed by atoms with van der Waals surface area (Å²) in [5.41, 5.74) is 4.66. The van der Waals surface area contributed by atoms with E-state index in [1.165, 1.54) is 11.1 Å². The molecule has 182 valence electrons. The summed E-state index contributed by atoms with van der Waals surface area (Å²) in [7, 11) is 0. The SMILES string of the molecule is CC[C@H](Oc1ccc2c(c1)[C@@H](c1cccc(C)c1)N(C(=O)C1CC1)CC2)C(=O)NCCC(C)C. The molecule has 0 bridgehead atoms. The number of fused-ring (bicyclic) bond motifs is 1. The average Bonchev–Trinajstić information content (AvgIpc) is 3.66. The second kappa shape index (κ2) is 10.6. The maximum Gasteiger partial charge on any atom is 0.261 e. The van der Waals surface area contributed by atoms with Crippen molar-refractivity contribution in [2.75, 3.05) is 13.1 Å². The van der Waals surface area contributed by atoms with Gasteiger partial charge in [0.05, 0.1) is 6.04 Å². The topological polar surface area (TPSA) is 58.6 Å². The van der Waals surface area contributed by atoms with Crippen LogP contribution < -0.4 is 10.1 Å². The van der Waals surface area contributed by atoms with Crippen molar-refractivity contribution in [2.24, 2.45) is 11.8 Å². The van der Waals surface area contributed by atoms with Crippen molar-refractivity contribution in [3.63, 3.8) is 0 Å². The Bertz CT molecular complexity index is 1030. The molecule has 0 saturated heterocycles. The molecule has 5 nitrogen and oxygen atoms in total. The first-order chi connectivity index (χ1) is 16.4. The Morgan fingerprint density at radius 2 is 1.94 bits per heavy atom. The number of carbonyl (C=O) groups is 2. The number of carbonyl (C=O) groups excluding carboxylic acids is 2. The maximum atomic E-state index is 13.2. The number of hydrogen-bond acceptors (Lipinski definition) is 3. The van der Waals surface area contributed by atoms with Crippen molar-refractivity contribution < 1.29 is 14.3 Å². The zero-order valence-corrected chi connectivity index (χ0v) is 21.0. The monoisotopic (exact) mass is 462 g/mol. The van der Waals surface area contributed by atoms with E-state index < -0.39 is 6.10 Å². The lowest BCUT2D eigenvalue weighted by atomic mass is 9.87. The van der Waals surface area contributed by atoms with Gasteiger partial charge in [0.2, 0.25) is 5.91 Å². The highest BCUT2D eigenvalue weighted by Gasteiger charge is 2.39. The molecule has 2 amide bonds. The molecule has 1 fully saturated rings. The van der Waals surface area contributed by atoms with Crippen molar-refractivity contribution >= 4 is 11.8 Å². The van der Waals surface area contributed by atoms with Gasteiger partial charge in [0.25, 0.3) is 5.91 Å². The summed E-state index contributed by atoms with van der Waals surface area (Å²) in [6, 6.07) is 14.4. The number of benzene rings is 2. The first kappa shape index (κ1) is 24.3. The summed E-state index contributed by atoms with van der Waals surface area (Å²) in [5, 5.41) is 3.01. The molecule has 2 aromatic rings. The fourth-order valence-electron chi connectivity index (χ4n) is 4.75. The molecule has 1 aliphatic carbocycles. The number of amides is 2. The quantitative estimate of drug-likeness (QED) is 0.557. The van der Waals surface area contributed by atoms with Gasteiger partial charge < -0.3 is 15.0 Å². The molecular weight excluding hydrogens is 424 g/mol. The Morgan fingerprint density at radius 1 is 1.15 bits per heavy atom. The summed E-state index contributed by atoms with van der Waals surface area (Å²) >= 11 is 0. The van der Waals surface area contributed by atoms with Crippen LogP contribution in [-0.2, 0) is 16.0 Å². The van der Waals surface area contributed by atoms with Gasteiger partial charge in [-0.15, -0.1) is 0 Å². The Labute approximate surface area is 203 Å². The van der Waals surface area contributed by atoms with Crippen molar-refractivity contribution in [3.8, 4) is 5.75 Å². The number of ether oxygens (including phenoxy) is 1. The smallest absolute Gasteiger partial charge is 0.261 e. The van der Waals surface area contributed by atoms with Crippen LogP contribution in [0.3, 0.4) is 0 Å². The predicted molar refractivity (Wildman–Crippen MR) is 135 cm³/mol. The van der Waals surface area contributed by atoms with Gasteiger partial charge in [0.1, 0.15) is 5.75 Å². The lowest BCUT2D eigenvalue weighted by Crippen LogP contribution is -2.41. The van der Waals surface area contributed by atoms with E-state index in [2.05, 4.69) is 67.4 Å². The van der Waals surface area contributed by atoms with E-state index in [1.54, 1.807) is 0 Å². The minimum absolute atomic E-state index is 0.0679. The van der Waals surface area contributed by atoms with Crippen LogP contribution in [0.25, 0.3) is 0 Å². The molecule has 1 heterocycles. The highest BCUT2D eigenvalue weighted by atomic mass is 16.5. The van der Waals surface area contributed by atoms with Gasteiger partial charge in [-0.05, 0) is 73.8 Å². The molecule has 2 aromatic carbocycles. The van der Waals surface area contributed by atoms with Gasteiger partial charge in [0.15, 0.2) is 6.10 Å². The molecule has 0 unspecified atom stereocenters. The highest BCUT2D eigenvalue weighted by molar-refractivity contribution is 5.82. The molecule has 0 aromatic heterocycles. The lowest BCUT2D eigenvalue weighted by molar-refractivity contribution is -0.134. The van der Waals surface area contributed by atoms with Crippen LogP contribution in [0.2, 0.25) is 0 Å². The molecule has 1 aliphatic heterocycles. The first-order valence-corrected chi connectivity index (χ1v) is 12.8. The van der Waals surface area contributed by atoms with Gasteiger partial charge in [-0.3, -0.25) is 9.59 Å². The van der Waals surface area contributed by atoms with E-state index in [4.69, 9.17) is 4.74 Å². The maximum absolute atomic E-state index is 13.2. The number of rotatable bonds is 9. The van der Waals surface area contributed by atoms with Crippen LogP contribution in [0.4, 0.5) is 0 Å². The zero-order chi connectivity index (χ0) is 24.2. The Morgan fingerprint density at radius 3 is 2.62 bits per heavy atom. The zero-order valence-electron chi connectivity index (χ0n) is 21.0. The Hall–Kier alpha value is -2.82. The molecule has 0 radical (unpaired) electrons. The second-order valence-corrected chi connectivity index (χ2v) is 10.2. The van der Waals surface area contributed by atoms with Crippen LogP contribution in [0, 0.1) is 18.8 Å². The third-order valence-corrected chi connectivity index (χ3v) is 6.88. The molecule has 2 aliphatic rings. The largest absolute Gasteiger partial charge is 0.481 e. The molecule has 0 spiro atoms. The fraction of sp³-hybridized carbons (Fsp3) is 0.517. The molecular formula is C29H38N2O3. The van der Waals surface area contributed by atoms with Crippen molar-refractivity contribution in [1.29, 1.82) is 0 Å². The number of nitrogens with zero attached hydrogens (tertiary/aromatic N) is 1. The van der Waals surface area contributed by atoms with Crippen LogP contribution in [0.1, 0.15) is 74.8 Å². The van der Waals surface area contributed by atoms with Crippen molar-refractivity contribution in [2.45, 2.75) is 71.9 Å². The number of aryl methyl sites for hydroxylation is 1. The Kier molecular flexibility index (Phi) is 7.60. The van der Waals surface area contributed by atoms with Gasteiger partial charge in [-0.25, -0.2) is 0 Å². The van der Waals surface area contributed by atoms with E-state index >= 15 is 0 Å². The van der Waals surface area contributed by atoms with Crippen molar-refractivity contribution in [1.82, 2.24) is 10.2 Å². The average molecular weight is 463 g/mol. The van der Waals surface area contributed by atoms with Crippen LogP contribution in [-0.4, -0.2) is 35.9 Å². The van der Waals surface area contributed by atoms with E-state index in [9.17, 15) is 9.59 Å². The minimum Gasteiger partial charge on any atom is -0.481 e. The van der Waals surface area contributed by atoms with Gasteiger partial charge in [0, 0.05) is 19.0 Å². The van der Waals surface area contributed by atoms with E-state index in [0.717, 1.165) is 43.4 Å². The van der Waals surface area contributed by atoms with E-state index in [1.807, 2.05) is 13.0 Å². The molecule has 1 N–H and O–H groups in total. The molecule has 34 heavy (non-hydrogen) atoms. The number of nitrogens with one attached hydrogen (secondary N) is 1. The third kappa shape index (κ3) is 5.63. The molecule has 2 atom stereocenters. The summed E-state index contributed by atoms with van der Waals surface area (Å²) in [5.74, 6) is 1.60. The molecule has 1 saturated carbocycles. The van der Waals surface area contributed by atoms with Crippen LogP contribution in [0.5, 0.6) is 5.75 Å². The summed E-state index contributed by atoms with van der Waals surface area (Å²) in [6.45, 7) is 9.75.